The highest BCUT2D eigenvalue weighted by atomic mass is 14.6. The molecule has 0 radical (unpaired) electrons. The van der Waals surface area contributed by atoms with Crippen LogP contribution in [0.2, 0.25) is 0 Å². The van der Waals surface area contributed by atoms with Crippen LogP contribution in [0.4, 0.5) is 0 Å². The Hall–Kier alpha value is -0.820. The molecule has 1 aromatic rings. The third-order valence-electron chi connectivity index (χ3n) is 3.78. The molecule has 94 valence electrons. The lowest BCUT2D eigenvalue weighted by Crippen LogP contribution is -2.26. The van der Waals surface area contributed by atoms with Crippen LogP contribution in [-0.2, 0) is 6.42 Å². The van der Waals surface area contributed by atoms with Gasteiger partial charge in [-0.05, 0) is 48.6 Å². The summed E-state index contributed by atoms with van der Waals surface area (Å²) in [5.74, 6) is 1.43. The Kier molecular flexibility index (Phi) is 4.22. The van der Waals surface area contributed by atoms with Crippen LogP contribution in [0.3, 0.4) is 0 Å². The van der Waals surface area contributed by atoms with E-state index in [4.69, 9.17) is 5.73 Å². The molecule has 1 aromatic carbocycles. The van der Waals surface area contributed by atoms with Gasteiger partial charge in [-0.1, -0.05) is 44.5 Å². The fraction of sp³-hybridized carbons (Fsp3) is 0.625. The smallest absolute Gasteiger partial charge is 0.00446 e. The van der Waals surface area contributed by atoms with Gasteiger partial charge in [0.1, 0.15) is 0 Å². The molecule has 0 saturated heterocycles. The highest BCUT2D eigenvalue weighted by molar-refractivity contribution is 5.27. The van der Waals surface area contributed by atoms with Crippen LogP contribution >= 0.6 is 0 Å². The maximum atomic E-state index is 6.08. The van der Waals surface area contributed by atoms with Crippen molar-refractivity contribution < 1.29 is 0 Å². The first-order valence-electron chi connectivity index (χ1n) is 6.99. The minimum atomic E-state index is 0.419. The maximum absolute atomic E-state index is 6.08. The second-order valence-corrected chi connectivity index (χ2v) is 5.97. The maximum Gasteiger partial charge on any atom is 0.00446 e. The van der Waals surface area contributed by atoms with Crippen molar-refractivity contribution in [1.82, 2.24) is 0 Å². The van der Waals surface area contributed by atoms with E-state index < -0.39 is 0 Å². The molecular formula is C16H25N. The van der Waals surface area contributed by atoms with Gasteiger partial charge < -0.3 is 5.73 Å². The predicted octanol–water partition coefficient (Wildman–Crippen LogP) is 3.87. The fourth-order valence-electron chi connectivity index (χ4n) is 2.98. The largest absolute Gasteiger partial charge is 0.328 e. The van der Waals surface area contributed by atoms with Gasteiger partial charge in [-0.25, -0.2) is 0 Å². The molecule has 1 saturated carbocycles. The number of nitrogens with two attached hydrogens (primary N) is 1. The number of hydrogen-bond donors (Lipinski definition) is 1. The Balaban J connectivity index is 2.09. The summed E-state index contributed by atoms with van der Waals surface area (Å²) < 4.78 is 0. The lowest BCUT2D eigenvalue weighted by molar-refractivity contribution is 0.393. The van der Waals surface area contributed by atoms with Crippen LogP contribution in [0.25, 0.3) is 0 Å². The summed E-state index contributed by atoms with van der Waals surface area (Å²) in [6.07, 6.45) is 6.18. The van der Waals surface area contributed by atoms with E-state index >= 15 is 0 Å². The molecule has 0 spiro atoms. The van der Waals surface area contributed by atoms with Crippen molar-refractivity contribution in [3.63, 3.8) is 0 Å². The van der Waals surface area contributed by atoms with E-state index in [0.29, 0.717) is 12.0 Å². The van der Waals surface area contributed by atoms with Gasteiger partial charge >= 0.3 is 0 Å². The lowest BCUT2D eigenvalue weighted by Gasteiger charge is -2.27. The number of hydrogen-bond acceptors (Lipinski definition) is 1. The second-order valence-electron chi connectivity index (χ2n) is 5.97. The molecule has 2 N–H and O–H groups in total. The Labute approximate surface area is 105 Å². The average molecular weight is 231 g/mol. The predicted molar refractivity (Wildman–Crippen MR) is 74.2 cm³/mol. The lowest BCUT2D eigenvalue weighted by atomic mass is 9.81. The monoisotopic (exact) mass is 231 g/mol. The van der Waals surface area contributed by atoms with Crippen LogP contribution < -0.4 is 5.73 Å². The van der Waals surface area contributed by atoms with Crippen LogP contribution in [0.15, 0.2) is 24.3 Å². The Morgan fingerprint density at radius 2 is 2.12 bits per heavy atom. The minimum absolute atomic E-state index is 0.419. The summed E-state index contributed by atoms with van der Waals surface area (Å²) in [6, 6.07) is 9.58. The van der Waals surface area contributed by atoms with Gasteiger partial charge in [-0.2, -0.15) is 0 Å². The zero-order valence-electron chi connectivity index (χ0n) is 11.2. The molecule has 17 heavy (non-hydrogen) atoms. The van der Waals surface area contributed by atoms with Crippen molar-refractivity contribution in [3.8, 4) is 0 Å². The molecule has 0 amide bonds. The molecule has 1 fully saturated rings. The van der Waals surface area contributed by atoms with Crippen LogP contribution in [0.5, 0.6) is 0 Å². The first-order valence-corrected chi connectivity index (χ1v) is 6.99. The van der Waals surface area contributed by atoms with Gasteiger partial charge in [0, 0.05) is 6.04 Å². The summed E-state index contributed by atoms with van der Waals surface area (Å²) in [6.45, 7) is 4.56. The summed E-state index contributed by atoms with van der Waals surface area (Å²) in [5.41, 5.74) is 9.08. The van der Waals surface area contributed by atoms with E-state index in [1.54, 1.807) is 0 Å². The van der Waals surface area contributed by atoms with E-state index in [1.807, 2.05) is 0 Å². The molecule has 0 aromatic heterocycles. The van der Waals surface area contributed by atoms with Gasteiger partial charge in [0.15, 0.2) is 0 Å². The first kappa shape index (κ1) is 12.6. The first-order chi connectivity index (χ1) is 8.15. The van der Waals surface area contributed by atoms with Gasteiger partial charge in [-0.15, -0.1) is 0 Å². The zero-order chi connectivity index (χ0) is 12.3. The van der Waals surface area contributed by atoms with E-state index in [2.05, 4.69) is 38.1 Å². The zero-order valence-corrected chi connectivity index (χ0v) is 11.2. The molecule has 0 heterocycles. The normalized spacial score (nSPS) is 25.2. The standard InChI is InChI=1S/C16H25N/c1-12(2)9-13-5-3-6-14(10-13)15-7-4-8-16(17)11-15/h3,5-6,10,12,15-16H,4,7-9,11,17H2,1-2H3. The summed E-state index contributed by atoms with van der Waals surface area (Å²) >= 11 is 0. The van der Waals surface area contributed by atoms with E-state index in [-0.39, 0.29) is 0 Å². The molecule has 1 aliphatic rings. The highest BCUT2D eigenvalue weighted by Gasteiger charge is 2.20. The molecule has 1 aliphatic carbocycles. The Morgan fingerprint density at radius 1 is 1.29 bits per heavy atom. The minimum Gasteiger partial charge on any atom is -0.328 e. The molecule has 2 unspecified atom stereocenters. The molecule has 2 rings (SSSR count). The quantitative estimate of drug-likeness (QED) is 0.839. The van der Waals surface area contributed by atoms with Gasteiger partial charge in [0.2, 0.25) is 0 Å². The molecule has 1 heteroatoms. The fourth-order valence-corrected chi connectivity index (χ4v) is 2.98. The third-order valence-corrected chi connectivity index (χ3v) is 3.78. The number of benzene rings is 1. The average Bonchev–Trinajstić information content (AvgIpc) is 2.28. The van der Waals surface area contributed by atoms with E-state index in [0.717, 1.165) is 5.92 Å². The molecule has 1 nitrogen and oxygen atoms in total. The molecule has 0 bridgehead atoms. The second kappa shape index (κ2) is 5.68. The van der Waals surface area contributed by atoms with Crippen molar-refractivity contribution in [2.75, 3.05) is 0 Å². The van der Waals surface area contributed by atoms with Crippen LogP contribution in [0.1, 0.15) is 56.6 Å². The topological polar surface area (TPSA) is 26.0 Å². The summed E-state index contributed by atoms with van der Waals surface area (Å²) in [7, 11) is 0. The van der Waals surface area contributed by atoms with E-state index in [1.165, 1.54) is 43.2 Å². The van der Waals surface area contributed by atoms with Crippen LogP contribution in [0, 0.1) is 5.92 Å². The third kappa shape index (κ3) is 3.57. The van der Waals surface area contributed by atoms with Crippen molar-refractivity contribution in [2.24, 2.45) is 11.7 Å². The Morgan fingerprint density at radius 3 is 2.82 bits per heavy atom. The van der Waals surface area contributed by atoms with Crippen molar-refractivity contribution in [3.05, 3.63) is 35.4 Å². The summed E-state index contributed by atoms with van der Waals surface area (Å²) in [4.78, 5) is 0. The Bertz CT molecular complexity index is 356. The van der Waals surface area contributed by atoms with Gasteiger partial charge in [0.05, 0.1) is 0 Å². The summed E-state index contributed by atoms with van der Waals surface area (Å²) in [5, 5.41) is 0. The van der Waals surface area contributed by atoms with Crippen molar-refractivity contribution >= 4 is 0 Å². The molecular weight excluding hydrogens is 206 g/mol. The van der Waals surface area contributed by atoms with Crippen molar-refractivity contribution in [2.45, 2.75) is 57.9 Å². The number of rotatable bonds is 3. The molecule has 2 atom stereocenters. The SMILES string of the molecule is CC(C)Cc1cccc(C2CCCC(N)C2)c1. The highest BCUT2D eigenvalue weighted by Crippen LogP contribution is 2.32. The van der Waals surface area contributed by atoms with Gasteiger partial charge in [0.25, 0.3) is 0 Å². The van der Waals surface area contributed by atoms with E-state index in [9.17, 15) is 0 Å². The molecule has 0 aliphatic heterocycles. The van der Waals surface area contributed by atoms with Crippen LogP contribution in [-0.4, -0.2) is 6.04 Å². The van der Waals surface area contributed by atoms with Gasteiger partial charge in [-0.3, -0.25) is 0 Å². The van der Waals surface area contributed by atoms with Crippen molar-refractivity contribution in [1.29, 1.82) is 0 Å².